The number of hydrogen-bond acceptors (Lipinski definition) is 2. The Morgan fingerprint density at radius 3 is 2.82 bits per heavy atom. The lowest BCUT2D eigenvalue weighted by molar-refractivity contribution is -0.122. The third kappa shape index (κ3) is 4.40. The first-order valence-corrected chi connectivity index (χ1v) is 3.67. The Morgan fingerprint density at radius 1 is 1.73 bits per heavy atom. The lowest BCUT2D eigenvalue weighted by atomic mass is 10.3. The van der Waals surface area contributed by atoms with Crippen LogP contribution in [0.4, 0.5) is 0 Å². The maximum atomic E-state index is 11.0. The average molecular weight is 154 g/mol. The van der Waals surface area contributed by atoms with Gasteiger partial charge in [0.15, 0.2) is 0 Å². The molecule has 1 amide bonds. The number of hydrogen-bond donors (Lipinski definition) is 2. The molecule has 0 aromatic rings. The van der Waals surface area contributed by atoms with E-state index in [9.17, 15) is 4.79 Å². The molecule has 3 heteroatoms. The van der Waals surface area contributed by atoms with E-state index in [0.717, 1.165) is 6.54 Å². The van der Waals surface area contributed by atoms with E-state index in [1.165, 1.54) is 0 Å². The van der Waals surface area contributed by atoms with Crippen LogP contribution in [-0.4, -0.2) is 25.0 Å². The Kier molecular flexibility index (Phi) is 5.22. The Bertz CT molecular complexity index is 160. The Balaban J connectivity index is 3.57. The second-order valence-corrected chi connectivity index (χ2v) is 2.20. The fraction of sp³-hybridized carbons (Fsp3) is 0.625. The van der Waals surface area contributed by atoms with Crippen molar-refractivity contribution in [1.82, 2.24) is 10.6 Å². The maximum absolute atomic E-state index is 11.0. The van der Waals surface area contributed by atoms with Crippen LogP contribution in [0.3, 0.4) is 0 Å². The van der Waals surface area contributed by atoms with Crippen molar-refractivity contribution in [3.05, 3.63) is 0 Å². The number of terminal acetylenes is 1. The van der Waals surface area contributed by atoms with E-state index in [2.05, 4.69) is 16.6 Å². The largest absolute Gasteiger partial charge is 0.344 e. The average Bonchev–Trinajstić information content (AvgIpc) is 2.00. The zero-order valence-corrected chi connectivity index (χ0v) is 6.98. The third-order valence-corrected chi connectivity index (χ3v) is 1.27. The van der Waals surface area contributed by atoms with Gasteiger partial charge in [-0.15, -0.1) is 6.42 Å². The van der Waals surface area contributed by atoms with Gasteiger partial charge in [-0.2, -0.15) is 0 Å². The topological polar surface area (TPSA) is 41.1 Å². The quantitative estimate of drug-likeness (QED) is 0.547. The predicted octanol–water partition coefficient (Wildman–Crippen LogP) is -0.266. The monoisotopic (exact) mass is 154 g/mol. The van der Waals surface area contributed by atoms with Crippen molar-refractivity contribution >= 4 is 5.91 Å². The maximum Gasteiger partial charge on any atom is 0.237 e. The summed E-state index contributed by atoms with van der Waals surface area (Å²) in [4.78, 5) is 11.0. The first-order chi connectivity index (χ1) is 5.22. The van der Waals surface area contributed by atoms with E-state index in [1.54, 1.807) is 6.92 Å². The van der Waals surface area contributed by atoms with E-state index >= 15 is 0 Å². The van der Waals surface area contributed by atoms with Crippen molar-refractivity contribution in [2.45, 2.75) is 19.9 Å². The summed E-state index contributed by atoms with van der Waals surface area (Å²) in [5.74, 6) is 2.28. The summed E-state index contributed by atoms with van der Waals surface area (Å²) in [5, 5.41) is 5.55. The van der Waals surface area contributed by atoms with Gasteiger partial charge in [-0.25, -0.2) is 0 Å². The van der Waals surface area contributed by atoms with Crippen molar-refractivity contribution in [1.29, 1.82) is 0 Å². The molecule has 0 heterocycles. The van der Waals surface area contributed by atoms with Crippen LogP contribution in [0.5, 0.6) is 0 Å². The molecular formula is C8H14N2O. The van der Waals surface area contributed by atoms with Crippen molar-refractivity contribution in [2.24, 2.45) is 0 Å². The Labute approximate surface area is 67.6 Å². The van der Waals surface area contributed by atoms with E-state index in [4.69, 9.17) is 6.42 Å². The van der Waals surface area contributed by atoms with Gasteiger partial charge in [-0.1, -0.05) is 12.8 Å². The minimum absolute atomic E-state index is 0.0511. The van der Waals surface area contributed by atoms with Crippen molar-refractivity contribution in [3.8, 4) is 12.3 Å². The van der Waals surface area contributed by atoms with E-state index < -0.39 is 0 Å². The highest BCUT2D eigenvalue weighted by atomic mass is 16.2. The summed E-state index contributed by atoms with van der Waals surface area (Å²) >= 11 is 0. The van der Waals surface area contributed by atoms with Crippen molar-refractivity contribution in [2.75, 3.05) is 13.1 Å². The number of rotatable bonds is 4. The molecule has 0 saturated heterocycles. The van der Waals surface area contributed by atoms with Crippen LogP contribution in [0.1, 0.15) is 13.8 Å². The van der Waals surface area contributed by atoms with Gasteiger partial charge in [0.2, 0.25) is 5.91 Å². The van der Waals surface area contributed by atoms with Crippen LogP contribution in [0.2, 0.25) is 0 Å². The summed E-state index contributed by atoms with van der Waals surface area (Å²) in [6.07, 6.45) is 4.97. The number of likely N-dealkylation sites (N-methyl/N-ethyl adjacent to an activating group) is 1. The molecule has 1 atom stereocenters. The molecule has 3 nitrogen and oxygen atoms in total. The molecule has 0 radical (unpaired) electrons. The Hall–Kier alpha value is -1.01. The predicted molar refractivity (Wildman–Crippen MR) is 45.0 cm³/mol. The van der Waals surface area contributed by atoms with Crippen molar-refractivity contribution < 1.29 is 4.79 Å². The molecule has 0 aromatic carbocycles. The Morgan fingerprint density at radius 2 is 2.36 bits per heavy atom. The van der Waals surface area contributed by atoms with Crippen LogP contribution >= 0.6 is 0 Å². The molecule has 1 unspecified atom stereocenters. The summed E-state index contributed by atoms with van der Waals surface area (Å²) in [5.41, 5.74) is 0. The molecule has 0 aromatic heterocycles. The molecule has 0 aliphatic carbocycles. The van der Waals surface area contributed by atoms with E-state index in [1.807, 2.05) is 6.92 Å². The summed E-state index contributed by atoms with van der Waals surface area (Å²) in [6, 6.07) is -0.159. The summed E-state index contributed by atoms with van der Waals surface area (Å²) in [6.45, 7) is 4.83. The van der Waals surface area contributed by atoms with Crippen LogP contribution in [0, 0.1) is 12.3 Å². The molecular weight excluding hydrogens is 140 g/mol. The highest BCUT2D eigenvalue weighted by molar-refractivity contribution is 5.81. The van der Waals surface area contributed by atoms with Gasteiger partial charge in [0.1, 0.15) is 0 Å². The SMILES string of the molecule is C#CCNC(=O)C(C)NCC. The van der Waals surface area contributed by atoms with E-state index in [-0.39, 0.29) is 11.9 Å². The molecule has 2 N–H and O–H groups in total. The van der Waals surface area contributed by atoms with Gasteiger partial charge in [0, 0.05) is 0 Å². The lowest BCUT2D eigenvalue weighted by Gasteiger charge is -2.10. The lowest BCUT2D eigenvalue weighted by Crippen LogP contribution is -2.42. The molecule has 0 spiro atoms. The van der Waals surface area contributed by atoms with Gasteiger partial charge < -0.3 is 10.6 Å². The number of carbonyl (C=O) groups excluding carboxylic acids is 1. The van der Waals surface area contributed by atoms with Crippen LogP contribution in [0.25, 0.3) is 0 Å². The summed E-state index contributed by atoms with van der Waals surface area (Å²) in [7, 11) is 0. The molecule has 0 aliphatic heterocycles. The standard InChI is InChI=1S/C8H14N2O/c1-4-6-10-8(11)7(3)9-5-2/h1,7,9H,5-6H2,2-3H3,(H,10,11). The molecule has 62 valence electrons. The fourth-order valence-electron chi connectivity index (χ4n) is 0.690. The fourth-order valence-corrected chi connectivity index (χ4v) is 0.690. The zero-order chi connectivity index (χ0) is 8.69. The molecule has 0 aliphatic rings. The number of carbonyl (C=O) groups is 1. The van der Waals surface area contributed by atoms with Crippen LogP contribution in [-0.2, 0) is 4.79 Å². The molecule has 0 fully saturated rings. The number of nitrogens with one attached hydrogen (secondary N) is 2. The normalized spacial score (nSPS) is 11.7. The summed E-state index contributed by atoms with van der Waals surface area (Å²) < 4.78 is 0. The second kappa shape index (κ2) is 5.75. The zero-order valence-electron chi connectivity index (χ0n) is 6.98. The van der Waals surface area contributed by atoms with Gasteiger partial charge in [-0.05, 0) is 13.5 Å². The van der Waals surface area contributed by atoms with Gasteiger partial charge in [0.05, 0.1) is 12.6 Å². The van der Waals surface area contributed by atoms with Crippen molar-refractivity contribution in [3.63, 3.8) is 0 Å². The highest BCUT2D eigenvalue weighted by Crippen LogP contribution is 1.79. The first kappa shape index (κ1) is 9.99. The minimum atomic E-state index is -0.159. The molecule has 0 bridgehead atoms. The highest BCUT2D eigenvalue weighted by Gasteiger charge is 2.08. The van der Waals surface area contributed by atoms with Crippen LogP contribution < -0.4 is 10.6 Å². The van der Waals surface area contributed by atoms with Gasteiger partial charge >= 0.3 is 0 Å². The van der Waals surface area contributed by atoms with E-state index in [0.29, 0.717) is 6.54 Å². The molecule has 11 heavy (non-hydrogen) atoms. The first-order valence-electron chi connectivity index (χ1n) is 3.67. The van der Waals surface area contributed by atoms with Crippen LogP contribution in [0.15, 0.2) is 0 Å². The van der Waals surface area contributed by atoms with Gasteiger partial charge in [-0.3, -0.25) is 4.79 Å². The molecule has 0 rings (SSSR count). The third-order valence-electron chi connectivity index (χ3n) is 1.27. The number of amides is 1. The minimum Gasteiger partial charge on any atom is -0.344 e. The molecule has 0 saturated carbocycles. The van der Waals surface area contributed by atoms with Gasteiger partial charge in [0.25, 0.3) is 0 Å². The second-order valence-electron chi connectivity index (χ2n) is 2.20. The smallest absolute Gasteiger partial charge is 0.237 e.